The van der Waals surface area contributed by atoms with E-state index in [0.29, 0.717) is 52.0 Å². The Labute approximate surface area is 167 Å². The van der Waals surface area contributed by atoms with Crippen molar-refractivity contribution >= 4 is 17.8 Å². The zero-order chi connectivity index (χ0) is 20.4. The normalized spacial score (nSPS) is 18.9. The van der Waals surface area contributed by atoms with Crippen molar-refractivity contribution in [2.75, 3.05) is 99.9 Å². The molecule has 0 unspecified atom stereocenters. The molecule has 10 heteroatoms. The van der Waals surface area contributed by atoms with E-state index < -0.39 is 0 Å². The minimum atomic E-state index is -0.0409. The van der Waals surface area contributed by atoms with Crippen LogP contribution in [0.5, 0.6) is 0 Å². The van der Waals surface area contributed by atoms with Crippen LogP contribution in [0.2, 0.25) is 0 Å². The van der Waals surface area contributed by atoms with Crippen molar-refractivity contribution in [3.05, 3.63) is 0 Å². The smallest absolute Gasteiger partial charge is 0.243 e. The second-order valence-corrected chi connectivity index (χ2v) is 7.10. The quantitative estimate of drug-likeness (QED) is 0.306. The summed E-state index contributed by atoms with van der Waals surface area (Å²) in [6.07, 6.45) is 0. The fraction of sp³-hybridized carbons (Fsp3) is 0.833. The third-order valence-electron chi connectivity index (χ3n) is 4.85. The number of carbonyl (C=O) groups is 2. The summed E-state index contributed by atoms with van der Waals surface area (Å²) in [4.78, 5) is 36.5. The molecule has 2 amide bonds. The van der Waals surface area contributed by atoms with E-state index in [9.17, 15) is 9.59 Å². The molecule has 2 rings (SSSR count). The monoisotopic (exact) mass is 398 g/mol. The highest BCUT2D eigenvalue weighted by atomic mass is 16.5. The first-order chi connectivity index (χ1) is 13.5. The summed E-state index contributed by atoms with van der Waals surface area (Å²) in [7, 11) is 5.10. The van der Waals surface area contributed by atoms with Crippen LogP contribution in [0.4, 0.5) is 0 Å². The Hall–Kier alpha value is -1.91. The highest BCUT2D eigenvalue weighted by Gasteiger charge is 2.24. The summed E-state index contributed by atoms with van der Waals surface area (Å²) in [6, 6.07) is 0. The number of carbonyl (C=O) groups excluding carboxylic acids is 2. The number of hydrogen-bond acceptors (Lipinski definition) is 6. The van der Waals surface area contributed by atoms with E-state index in [4.69, 9.17) is 9.47 Å². The number of hydrogen-bond donors (Lipinski definition) is 1. The van der Waals surface area contributed by atoms with Crippen molar-refractivity contribution in [2.45, 2.75) is 0 Å². The number of rotatable bonds is 7. The van der Waals surface area contributed by atoms with Crippen molar-refractivity contribution < 1.29 is 19.1 Å². The molecule has 2 aliphatic rings. The van der Waals surface area contributed by atoms with Gasteiger partial charge in [0.2, 0.25) is 11.8 Å². The molecular weight excluding hydrogens is 364 g/mol. The Morgan fingerprint density at radius 1 is 1.07 bits per heavy atom. The molecule has 2 aliphatic heterocycles. The van der Waals surface area contributed by atoms with Crippen LogP contribution in [0.1, 0.15) is 0 Å². The van der Waals surface area contributed by atoms with Crippen molar-refractivity contribution in [3.8, 4) is 0 Å². The Kier molecular flexibility index (Phi) is 9.45. The van der Waals surface area contributed by atoms with Crippen LogP contribution in [0.15, 0.2) is 4.99 Å². The number of ether oxygens (including phenoxy) is 2. The van der Waals surface area contributed by atoms with Crippen LogP contribution in [-0.4, -0.2) is 137 Å². The van der Waals surface area contributed by atoms with Crippen LogP contribution in [0, 0.1) is 0 Å². The van der Waals surface area contributed by atoms with Crippen LogP contribution in [0.25, 0.3) is 0 Å². The summed E-state index contributed by atoms with van der Waals surface area (Å²) in [5, 5.41) is 3.26. The summed E-state index contributed by atoms with van der Waals surface area (Å²) >= 11 is 0. The van der Waals surface area contributed by atoms with Gasteiger partial charge in [-0.1, -0.05) is 0 Å². The topological polar surface area (TPSA) is 90.0 Å². The number of aliphatic imine (C=N–C) groups is 1. The molecule has 0 aromatic carbocycles. The Balaban J connectivity index is 1.84. The number of nitrogens with one attached hydrogen (secondary N) is 1. The van der Waals surface area contributed by atoms with Gasteiger partial charge in [-0.15, -0.1) is 0 Å². The first kappa shape index (κ1) is 22.4. The van der Waals surface area contributed by atoms with Crippen LogP contribution in [-0.2, 0) is 19.1 Å². The van der Waals surface area contributed by atoms with Crippen LogP contribution >= 0.6 is 0 Å². The van der Waals surface area contributed by atoms with E-state index in [0.717, 1.165) is 26.2 Å². The number of methoxy groups -OCH3 is 1. The molecule has 1 N–H and O–H groups in total. The molecule has 0 bridgehead atoms. The van der Waals surface area contributed by atoms with Gasteiger partial charge in [-0.2, -0.15) is 0 Å². The van der Waals surface area contributed by atoms with E-state index >= 15 is 0 Å². The molecular formula is C18H34N6O4. The molecule has 0 saturated carbocycles. The summed E-state index contributed by atoms with van der Waals surface area (Å²) < 4.78 is 10.4. The maximum absolute atomic E-state index is 12.4. The fourth-order valence-corrected chi connectivity index (χ4v) is 3.04. The molecule has 0 spiro atoms. The average Bonchev–Trinajstić information content (AvgIpc) is 2.71. The highest BCUT2D eigenvalue weighted by Crippen LogP contribution is 2.05. The summed E-state index contributed by atoms with van der Waals surface area (Å²) in [5.74, 6) is 0.840. The Bertz CT molecular complexity index is 528. The number of morpholine rings is 1. The highest BCUT2D eigenvalue weighted by molar-refractivity contribution is 5.85. The molecule has 0 atom stereocenters. The zero-order valence-corrected chi connectivity index (χ0v) is 17.4. The number of guanidine groups is 1. The van der Waals surface area contributed by atoms with Gasteiger partial charge in [0.05, 0.1) is 26.4 Å². The van der Waals surface area contributed by atoms with Gasteiger partial charge in [0.1, 0.15) is 6.54 Å². The lowest BCUT2D eigenvalue weighted by atomic mass is 10.3. The number of piperazine rings is 1. The minimum Gasteiger partial charge on any atom is -0.383 e. The predicted molar refractivity (Wildman–Crippen MR) is 106 cm³/mol. The lowest BCUT2D eigenvalue weighted by Gasteiger charge is -2.37. The van der Waals surface area contributed by atoms with Gasteiger partial charge >= 0.3 is 0 Å². The van der Waals surface area contributed by atoms with E-state index in [1.807, 2.05) is 4.90 Å². The molecule has 2 saturated heterocycles. The van der Waals surface area contributed by atoms with Gasteiger partial charge < -0.3 is 29.5 Å². The van der Waals surface area contributed by atoms with Crippen molar-refractivity contribution in [3.63, 3.8) is 0 Å². The molecule has 0 aromatic rings. The zero-order valence-electron chi connectivity index (χ0n) is 17.4. The van der Waals surface area contributed by atoms with E-state index in [1.54, 1.807) is 21.2 Å². The van der Waals surface area contributed by atoms with Crippen molar-refractivity contribution in [2.24, 2.45) is 4.99 Å². The molecule has 0 radical (unpaired) electrons. The number of amides is 2. The molecule has 28 heavy (non-hydrogen) atoms. The Morgan fingerprint density at radius 2 is 1.75 bits per heavy atom. The predicted octanol–water partition coefficient (Wildman–Crippen LogP) is -1.86. The number of nitrogens with zero attached hydrogens (tertiary/aromatic N) is 5. The minimum absolute atomic E-state index is 0.0409. The molecule has 0 aliphatic carbocycles. The third-order valence-corrected chi connectivity index (χ3v) is 4.85. The van der Waals surface area contributed by atoms with Gasteiger partial charge in [-0.25, -0.2) is 4.99 Å². The molecule has 0 aromatic heterocycles. The number of likely N-dealkylation sites (N-methyl/N-ethyl adjacent to an activating group) is 1. The van der Waals surface area contributed by atoms with Gasteiger partial charge in [0.25, 0.3) is 0 Å². The van der Waals surface area contributed by atoms with E-state index in [1.165, 1.54) is 4.90 Å². The van der Waals surface area contributed by atoms with Gasteiger partial charge in [0.15, 0.2) is 5.96 Å². The van der Waals surface area contributed by atoms with Gasteiger partial charge in [-0.05, 0) is 0 Å². The molecule has 2 fully saturated rings. The fourth-order valence-electron chi connectivity index (χ4n) is 3.04. The van der Waals surface area contributed by atoms with Crippen molar-refractivity contribution in [1.82, 2.24) is 24.9 Å². The summed E-state index contributed by atoms with van der Waals surface area (Å²) in [5.41, 5.74) is 0. The van der Waals surface area contributed by atoms with E-state index in [2.05, 4.69) is 20.1 Å². The first-order valence-electron chi connectivity index (χ1n) is 9.81. The lowest BCUT2D eigenvalue weighted by molar-refractivity contribution is -0.136. The third kappa shape index (κ3) is 7.25. The second-order valence-electron chi connectivity index (χ2n) is 7.10. The molecule has 160 valence electrons. The van der Waals surface area contributed by atoms with Gasteiger partial charge in [0, 0.05) is 67.0 Å². The van der Waals surface area contributed by atoms with Crippen LogP contribution < -0.4 is 5.32 Å². The van der Waals surface area contributed by atoms with Crippen molar-refractivity contribution in [1.29, 1.82) is 0 Å². The Morgan fingerprint density at radius 3 is 2.36 bits per heavy atom. The SMILES string of the molecule is COCCNC(=NCC(=O)N(C)C)N1CCN(CC(=O)N2CCOCC2)CC1. The largest absolute Gasteiger partial charge is 0.383 e. The second kappa shape index (κ2) is 11.8. The standard InChI is InChI=1S/C18H34N6O4/c1-21(2)16(25)14-20-18(19-4-11-27-3)24-7-5-22(6-8-24)15-17(26)23-9-12-28-13-10-23/h4-15H2,1-3H3,(H,19,20). The summed E-state index contributed by atoms with van der Waals surface area (Å²) in [6.45, 7) is 7.42. The van der Waals surface area contributed by atoms with E-state index in [-0.39, 0.29) is 18.4 Å². The average molecular weight is 399 g/mol. The molecule has 2 heterocycles. The maximum atomic E-state index is 12.4. The molecule has 10 nitrogen and oxygen atoms in total. The lowest BCUT2D eigenvalue weighted by Crippen LogP contribution is -2.55. The first-order valence-corrected chi connectivity index (χ1v) is 9.81. The maximum Gasteiger partial charge on any atom is 0.243 e. The van der Waals surface area contributed by atoms with Crippen LogP contribution in [0.3, 0.4) is 0 Å². The van der Waals surface area contributed by atoms with Gasteiger partial charge in [-0.3, -0.25) is 14.5 Å².